The summed E-state index contributed by atoms with van der Waals surface area (Å²) >= 11 is 0. The second kappa shape index (κ2) is 5.13. The van der Waals surface area contributed by atoms with Gasteiger partial charge in [0.15, 0.2) is 0 Å². The average Bonchev–Trinajstić information content (AvgIpc) is 2.28. The van der Waals surface area contributed by atoms with Crippen LogP contribution in [0, 0.1) is 0 Å². The van der Waals surface area contributed by atoms with Crippen LogP contribution in [0.1, 0.15) is 47.0 Å². The third-order valence-corrected chi connectivity index (χ3v) is 4.04. The second-order valence-corrected chi connectivity index (χ2v) is 4.71. The smallest absolute Gasteiger partial charge is 0.0193 e. The monoisotopic (exact) mass is 198 g/mol. The van der Waals surface area contributed by atoms with Gasteiger partial charge in [-0.2, -0.15) is 0 Å². The van der Waals surface area contributed by atoms with Crippen LogP contribution in [0.5, 0.6) is 0 Å². The fourth-order valence-corrected chi connectivity index (χ4v) is 2.29. The van der Waals surface area contributed by atoms with Crippen molar-refractivity contribution in [3.8, 4) is 0 Å². The molecule has 0 aromatic carbocycles. The molecule has 1 aliphatic rings. The van der Waals surface area contributed by atoms with E-state index in [1.54, 1.807) is 0 Å². The number of hydrogen-bond acceptors (Lipinski definition) is 2. The molecule has 1 fully saturated rings. The van der Waals surface area contributed by atoms with Gasteiger partial charge in [0.05, 0.1) is 0 Å². The van der Waals surface area contributed by atoms with Crippen molar-refractivity contribution in [2.24, 2.45) is 0 Å². The minimum absolute atomic E-state index is 0.426. The highest BCUT2D eigenvalue weighted by atomic mass is 15.2. The second-order valence-electron chi connectivity index (χ2n) is 4.71. The van der Waals surface area contributed by atoms with Gasteiger partial charge in [-0.15, -0.1) is 0 Å². The van der Waals surface area contributed by atoms with Crippen LogP contribution in [0.3, 0.4) is 0 Å². The molecule has 1 atom stereocenters. The molecule has 0 saturated carbocycles. The summed E-state index contributed by atoms with van der Waals surface area (Å²) in [4.78, 5) is 2.68. The van der Waals surface area contributed by atoms with Crippen LogP contribution in [-0.4, -0.2) is 36.1 Å². The summed E-state index contributed by atoms with van der Waals surface area (Å²) in [7, 11) is 0. The first-order valence-corrected chi connectivity index (χ1v) is 6.14. The van der Waals surface area contributed by atoms with Crippen molar-refractivity contribution < 1.29 is 0 Å². The molecule has 1 N–H and O–H groups in total. The molecular weight excluding hydrogens is 172 g/mol. The standard InChI is InChI=1S/C12H26N2/c1-5-11-10-14(9-8-13-11)12(4,6-2)7-3/h11,13H,5-10H2,1-4H3. The van der Waals surface area contributed by atoms with Crippen molar-refractivity contribution >= 4 is 0 Å². The highest BCUT2D eigenvalue weighted by Crippen LogP contribution is 2.24. The molecule has 0 amide bonds. The van der Waals surface area contributed by atoms with Crippen molar-refractivity contribution in [1.29, 1.82) is 0 Å². The Morgan fingerprint density at radius 1 is 1.29 bits per heavy atom. The van der Waals surface area contributed by atoms with Gasteiger partial charge in [0.1, 0.15) is 0 Å². The van der Waals surface area contributed by atoms with E-state index in [9.17, 15) is 0 Å². The number of hydrogen-bond donors (Lipinski definition) is 1. The summed E-state index contributed by atoms with van der Waals surface area (Å²) < 4.78 is 0. The fourth-order valence-electron chi connectivity index (χ4n) is 2.29. The summed E-state index contributed by atoms with van der Waals surface area (Å²) in [5.74, 6) is 0. The Morgan fingerprint density at radius 3 is 2.43 bits per heavy atom. The van der Waals surface area contributed by atoms with Crippen molar-refractivity contribution in [3.05, 3.63) is 0 Å². The van der Waals surface area contributed by atoms with E-state index in [1.807, 2.05) is 0 Å². The molecule has 14 heavy (non-hydrogen) atoms. The first-order chi connectivity index (χ1) is 6.66. The van der Waals surface area contributed by atoms with E-state index in [-0.39, 0.29) is 0 Å². The fraction of sp³-hybridized carbons (Fsp3) is 1.00. The molecule has 2 nitrogen and oxygen atoms in total. The summed E-state index contributed by atoms with van der Waals surface area (Å²) in [5.41, 5.74) is 0.426. The van der Waals surface area contributed by atoms with Gasteiger partial charge in [0, 0.05) is 31.2 Å². The molecule has 1 aliphatic heterocycles. The Hall–Kier alpha value is -0.0800. The Labute approximate surface area is 89.1 Å². The third-order valence-electron chi connectivity index (χ3n) is 4.04. The molecule has 84 valence electrons. The van der Waals surface area contributed by atoms with E-state index in [0.717, 1.165) is 6.54 Å². The lowest BCUT2D eigenvalue weighted by atomic mass is 9.91. The van der Waals surface area contributed by atoms with Crippen molar-refractivity contribution in [1.82, 2.24) is 10.2 Å². The molecule has 1 heterocycles. The van der Waals surface area contributed by atoms with Crippen LogP contribution in [0.4, 0.5) is 0 Å². The molecule has 0 aliphatic carbocycles. The number of piperazine rings is 1. The maximum absolute atomic E-state index is 3.58. The summed E-state index contributed by atoms with van der Waals surface area (Å²) in [6.45, 7) is 12.9. The topological polar surface area (TPSA) is 15.3 Å². The van der Waals surface area contributed by atoms with Crippen LogP contribution < -0.4 is 5.32 Å². The number of nitrogens with zero attached hydrogens (tertiary/aromatic N) is 1. The largest absolute Gasteiger partial charge is 0.311 e. The van der Waals surface area contributed by atoms with Gasteiger partial charge >= 0.3 is 0 Å². The van der Waals surface area contributed by atoms with E-state index in [0.29, 0.717) is 11.6 Å². The summed E-state index contributed by atoms with van der Waals surface area (Å²) in [6.07, 6.45) is 3.78. The minimum Gasteiger partial charge on any atom is -0.311 e. The molecule has 0 radical (unpaired) electrons. The highest BCUT2D eigenvalue weighted by Gasteiger charge is 2.31. The minimum atomic E-state index is 0.426. The molecule has 0 bridgehead atoms. The van der Waals surface area contributed by atoms with Gasteiger partial charge < -0.3 is 5.32 Å². The molecule has 0 aromatic rings. The Kier molecular flexibility index (Phi) is 4.39. The van der Waals surface area contributed by atoms with Gasteiger partial charge in [0.2, 0.25) is 0 Å². The predicted octanol–water partition coefficient (Wildman–Crippen LogP) is 2.25. The zero-order valence-electron chi connectivity index (χ0n) is 10.3. The van der Waals surface area contributed by atoms with Crippen LogP contribution in [0.25, 0.3) is 0 Å². The van der Waals surface area contributed by atoms with Gasteiger partial charge in [-0.25, -0.2) is 0 Å². The Bertz CT molecular complexity index is 164. The van der Waals surface area contributed by atoms with E-state index in [1.165, 1.54) is 32.4 Å². The van der Waals surface area contributed by atoms with E-state index >= 15 is 0 Å². The molecule has 0 spiro atoms. The normalized spacial score (nSPS) is 25.3. The van der Waals surface area contributed by atoms with Gasteiger partial charge in [-0.3, -0.25) is 4.90 Å². The lowest BCUT2D eigenvalue weighted by molar-refractivity contribution is 0.0614. The Balaban J connectivity index is 2.57. The first kappa shape index (κ1) is 12.0. The number of rotatable bonds is 4. The van der Waals surface area contributed by atoms with E-state index < -0.39 is 0 Å². The zero-order chi connectivity index (χ0) is 10.6. The summed E-state index contributed by atoms with van der Waals surface area (Å²) in [6, 6.07) is 0.709. The van der Waals surface area contributed by atoms with Crippen LogP contribution in [0.15, 0.2) is 0 Å². The maximum atomic E-state index is 3.58. The first-order valence-electron chi connectivity index (χ1n) is 6.14. The molecule has 2 heteroatoms. The van der Waals surface area contributed by atoms with E-state index in [4.69, 9.17) is 0 Å². The Morgan fingerprint density at radius 2 is 1.93 bits per heavy atom. The summed E-state index contributed by atoms with van der Waals surface area (Å²) in [5, 5.41) is 3.58. The molecular formula is C12H26N2. The zero-order valence-corrected chi connectivity index (χ0v) is 10.3. The molecule has 1 saturated heterocycles. The maximum Gasteiger partial charge on any atom is 0.0193 e. The van der Waals surface area contributed by atoms with Crippen LogP contribution in [0.2, 0.25) is 0 Å². The highest BCUT2D eigenvalue weighted by molar-refractivity contribution is 4.89. The lowest BCUT2D eigenvalue weighted by Crippen LogP contribution is -2.58. The van der Waals surface area contributed by atoms with Crippen LogP contribution in [-0.2, 0) is 0 Å². The quantitative estimate of drug-likeness (QED) is 0.745. The van der Waals surface area contributed by atoms with Gasteiger partial charge in [0.25, 0.3) is 0 Å². The van der Waals surface area contributed by atoms with Crippen molar-refractivity contribution in [2.45, 2.75) is 58.5 Å². The lowest BCUT2D eigenvalue weighted by Gasteiger charge is -2.45. The molecule has 1 rings (SSSR count). The third kappa shape index (κ3) is 2.48. The van der Waals surface area contributed by atoms with Crippen LogP contribution >= 0.6 is 0 Å². The number of nitrogens with one attached hydrogen (secondary N) is 1. The van der Waals surface area contributed by atoms with Gasteiger partial charge in [-0.1, -0.05) is 20.8 Å². The van der Waals surface area contributed by atoms with Crippen molar-refractivity contribution in [2.75, 3.05) is 19.6 Å². The molecule has 1 unspecified atom stereocenters. The van der Waals surface area contributed by atoms with Crippen molar-refractivity contribution in [3.63, 3.8) is 0 Å². The van der Waals surface area contributed by atoms with Gasteiger partial charge in [-0.05, 0) is 26.2 Å². The molecule has 0 aromatic heterocycles. The van der Waals surface area contributed by atoms with E-state index in [2.05, 4.69) is 37.9 Å². The SMILES string of the molecule is CCC1CN(C(C)(CC)CC)CCN1. The predicted molar refractivity (Wildman–Crippen MR) is 62.6 cm³/mol. The average molecular weight is 198 g/mol.